The van der Waals surface area contributed by atoms with Gasteiger partial charge in [0.15, 0.2) is 0 Å². The minimum Gasteiger partial charge on any atom is -0.383 e. The van der Waals surface area contributed by atoms with Gasteiger partial charge in [-0.1, -0.05) is 48.5 Å². The van der Waals surface area contributed by atoms with Crippen LogP contribution in [0.2, 0.25) is 0 Å². The largest absolute Gasteiger partial charge is 0.383 e. The van der Waals surface area contributed by atoms with Crippen molar-refractivity contribution in [2.75, 3.05) is 25.3 Å². The highest BCUT2D eigenvalue weighted by Gasteiger charge is 2.36. The molecule has 146 valence electrons. The number of anilines is 1. The summed E-state index contributed by atoms with van der Waals surface area (Å²) in [5.41, 5.74) is 7.62. The van der Waals surface area contributed by atoms with Crippen molar-refractivity contribution in [1.29, 1.82) is 0 Å². The van der Waals surface area contributed by atoms with Crippen molar-refractivity contribution >= 4 is 23.2 Å². The molecule has 1 atom stereocenters. The number of nitrogens with zero attached hydrogens (tertiary/aromatic N) is 3. The number of amides is 2. The molecule has 0 radical (unpaired) electrons. The van der Waals surface area contributed by atoms with E-state index in [0.717, 1.165) is 11.3 Å². The van der Waals surface area contributed by atoms with E-state index in [1.165, 1.54) is 5.01 Å². The van der Waals surface area contributed by atoms with Crippen molar-refractivity contribution in [3.8, 4) is 0 Å². The molecule has 0 fully saturated rings. The molecule has 0 saturated heterocycles. The Morgan fingerprint density at radius 1 is 1.14 bits per heavy atom. The van der Waals surface area contributed by atoms with Gasteiger partial charge in [0.25, 0.3) is 5.91 Å². The first-order valence-electron chi connectivity index (χ1n) is 9.13. The van der Waals surface area contributed by atoms with Crippen LogP contribution in [0.15, 0.2) is 65.8 Å². The summed E-state index contributed by atoms with van der Waals surface area (Å²) in [5, 5.41) is 5.98. The monoisotopic (exact) mass is 380 g/mol. The van der Waals surface area contributed by atoms with Gasteiger partial charge in [0.1, 0.15) is 11.8 Å². The van der Waals surface area contributed by atoms with E-state index in [1.807, 2.05) is 60.7 Å². The van der Waals surface area contributed by atoms with Crippen LogP contribution in [0.3, 0.4) is 0 Å². The van der Waals surface area contributed by atoms with Crippen molar-refractivity contribution in [1.82, 2.24) is 4.90 Å². The minimum atomic E-state index is -0.678. The SMILES string of the molecule is COCCN(Cc1ccccc1)C(=O)C1=NN(c2ccccc2)C(C(N)=O)C1. The number of carbonyl (C=O) groups excluding carboxylic acids is 2. The maximum Gasteiger partial charge on any atom is 0.270 e. The number of carbonyl (C=O) groups is 2. The average molecular weight is 380 g/mol. The van der Waals surface area contributed by atoms with E-state index in [1.54, 1.807) is 12.0 Å². The highest BCUT2D eigenvalue weighted by atomic mass is 16.5. The molecule has 0 bridgehead atoms. The molecule has 1 aliphatic rings. The Bertz CT molecular complexity index is 839. The summed E-state index contributed by atoms with van der Waals surface area (Å²) in [4.78, 5) is 26.8. The summed E-state index contributed by atoms with van der Waals surface area (Å²) >= 11 is 0. The third-order valence-electron chi connectivity index (χ3n) is 4.58. The topological polar surface area (TPSA) is 88.2 Å². The predicted molar refractivity (Wildman–Crippen MR) is 108 cm³/mol. The van der Waals surface area contributed by atoms with E-state index in [4.69, 9.17) is 10.5 Å². The first-order chi connectivity index (χ1) is 13.6. The van der Waals surface area contributed by atoms with Gasteiger partial charge in [0, 0.05) is 26.6 Å². The standard InChI is InChI=1S/C21H24N4O3/c1-28-13-12-24(15-16-8-4-2-5-9-16)21(27)18-14-19(20(22)26)25(23-18)17-10-6-3-7-11-17/h2-11,19H,12-15H2,1H3,(H2,22,26). The number of hydrogen-bond acceptors (Lipinski definition) is 5. The molecule has 3 rings (SSSR count). The second kappa shape index (κ2) is 9.14. The lowest BCUT2D eigenvalue weighted by Crippen LogP contribution is -2.41. The second-order valence-electron chi connectivity index (χ2n) is 6.55. The molecular weight excluding hydrogens is 356 g/mol. The number of nitrogens with two attached hydrogens (primary N) is 1. The number of methoxy groups -OCH3 is 1. The molecule has 0 saturated carbocycles. The zero-order valence-electron chi connectivity index (χ0n) is 15.8. The Morgan fingerprint density at radius 3 is 2.39 bits per heavy atom. The lowest BCUT2D eigenvalue weighted by Gasteiger charge is -2.22. The second-order valence-corrected chi connectivity index (χ2v) is 6.55. The Kier molecular flexibility index (Phi) is 6.39. The molecule has 7 heteroatoms. The number of benzene rings is 2. The van der Waals surface area contributed by atoms with Crippen LogP contribution < -0.4 is 10.7 Å². The fourth-order valence-electron chi connectivity index (χ4n) is 3.12. The first kappa shape index (κ1) is 19.6. The molecule has 2 N–H and O–H groups in total. The number of rotatable bonds is 8. The number of para-hydroxylation sites is 1. The van der Waals surface area contributed by atoms with Gasteiger partial charge >= 0.3 is 0 Å². The van der Waals surface area contributed by atoms with Crippen molar-refractivity contribution in [3.05, 3.63) is 66.2 Å². The summed E-state index contributed by atoms with van der Waals surface area (Å²) in [5.74, 6) is -0.729. The van der Waals surface area contributed by atoms with Gasteiger partial charge in [-0.15, -0.1) is 0 Å². The third-order valence-corrected chi connectivity index (χ3v) is 4.58. The maximum atomic E-state index is 13.2. The van der Waals surface area contributed by atoms with Crippen molar-refractivity contribution in [2.24, 2.45) is 10.8 Å². The smallest absolute Gasteiger partial charge is 0.270 e. The minimum absolute atomic E-state index is 0.182. The highest BCUT2D eigenvalue weighted by molar-refractivity contribution is 6.40. The Labute approximate surface area is 164 Å². The molecule has 2 aromatic carbocycles. The molecule has 1 aliphatic heterocycles. The molecule has 2 aromatic rings. The van der Waals surface area contributed by atoms with E-state index >= 15 is 0 Å². The number of hydrazone groups is 1. The summed E-state index contributed by atoms with van der Waals surface area (Å²) in [7, 11) is 1.60. The molecule has 2 amide bonds. The zero-order valence-corrected chi connectivity index (χ0v) is 15.8. The molecule has 0 aromatic heterocycles. The fraction of sp³-hybridized carbons (Fsp3) is 0.286. The average Bonchev–Trinajstić information content (AvgIpc) is 3.18. The third kappa shape index (κ3) is 4.55. The van der Waals surface area contributed by atoms with Crippen molar-refractivity contribution in [3.63, 3.8) is 0 Å². The van der Waals surface area contributed by atoms with Crippen LogP contribution in [-0.2, 0) is 20.9 Å². The quantitative estimate of drug-likeness (QED) is 0.756. The van der Waals surface area contributed by atoms with Gasteiger partial charge in [0.2, 0.25) is 5.91 Å². The van der Waals surface area contributed by atoms with Gasteiger partial charge in [0.05, 0.1) is 12.3 Å². The van der Waals surface area contributed by atoms with Crippen LogP contribution >= 0.6 is 0 Å². The fourth-order valence-corrected chi connectivity index (χ4v) is 3.12. The molecule has 0 spiro atoms. The summed E-state index contributed by atoms with van der Waals surface area (Å²) in [6.07, 6.45) is 0.182. The maximum absolute atomic E-state index is 13.2. The Hall–Kier alpha value is -3.19. The van der Waals surface area contributed by atoms with E-state index < -0.39 is 11.9 Å². The van der Waals surface area contributed by atoms with Gasteiger partial charge in [-0.05, 0) is 17.7 Å². The van der Waals surface area contributed by atoms with Crippen LogP contribution in [0.5, 0.6) is 0 Å². The van der Waals surface area contributed by atoms with E-state index in [2.05, 4.69) is 5.10 Å². The molecule has 1 unspecified atom stereocenters. The molecule has 0 aliphatic carbocycles. The van der Waals surface area contributed by atoms with Gasteiger partial charge in [-0.3, -0.25) is 14.6 Å². The highest BCUT2D eigenvalue weighted by Crippen LogP contribution is 2.25. The van der Waals surface area contributed by atoms with Crippen LogP contribution in [0.1, 0.15) is 12.0 Å². The van der Waals surface area contributed by atoms with Crippen LogP contribution in [-0.4, -0.2) is 48.7 Å². The Morgan fingerprint density at radius 2 is 1.79 bits per heavy atom. The van der Waals surface area contributed by atoms with E-state index in [0.29, 0.717) is 25.4 Å². The molecule has 7 nitrogen and oxygen atoms in total. The van der Waals surface area contributed by atoms with Crippen molar-refractivity contribution < 1.29 is 14.3 Å². The lowest BCUT2D eigenvalue weighted by atomic mass is 10.1. The number of hydrogen-bond donors (Lipinski definition) is 1. The predicted octanol–water partition coefficient (Wildman–Crippen LogP) is 1.78. The van der Waals surface area contributed by atoms with Crippen LogP contribution in [0.25, 0.3) is 0 Å². The number of ether oxygens (including phenoxy) is 1. The van der Waals surface area contributed by atoms with E-state index in [9.17, 15) is 9.59 Å². The summed E-state index contributed by atoms with van der Waals surface area (Å²) in [6.45, 7) is 1.28. The number of primary amides is 1. The van der Waals surface area contributed by atoms with Gasteiger partial charge < -0.3 is 15.4 Å². The van der Waals surface area contributed by atoms with Gasteiger partial charge in [-0.2, -0.15) is 5.10 Å². The van der Waals surface area contributed by atoms with Crippen molar-refractivity contribution in [2.45, 2.75) is 19.0 Å². The van der Waals surface area contributed by atoms with Crippen LogP contribution in [0.4, 0.5) is 5.69 Å². The van der Waals surface area contributed by atoms with Gasteiger partial charge in [-0.25, -0.2) is 0 Å². The summed E-state index contributed by atoms with van der Waals surface area (Å²) < 4.78 is 5.15. The normalized spacial score (nSPS) is 16.0. The first-order valence-corrected chi connectivity index (χ1v) is 9.13. The van der Waals surface area contributed by atoms with E-state index in [-0.39, 0.29) is 12.3 Å². The Balaban J connectivity index is 1.83. The molecule has 1 heterocycles. The summed E-state index contributed by atoms with van der Waals surface area (Å²) in [6, 6.07) is 18.3. The van der Waals surface area contributed by atoms with Crippen LogP contribution in [0, 0.1) is 0 Å². The zero-order chi connectivity index (χ0) is 19.9. The molecular formula is C21H24N4O3. The lowest BCUT2D eigenvalue weighted by molar-refractivity contribution is -0.125. The molecule has 28 heavy (non-hydrogen) atoms.